The van der Waals surface area contributed by atoms with E-state index in [1.165, 1.54) is 0 Å². The number of unbranched alkanes of at least 4 members (excludes halogenated alkanes) is 1. The molecule has 1 aromatic rings. The fourth-order valence-electron chi connectivity index (χ4n) is 1.23. The maximum Gasteiger partial charge on any atom is 0.232 e. The third-order valence-electron chi connectivity index (χ3n) is 2.21. The molecule has 0 fully saturated rings. The Morgan fingerprint density at radius 2 is 2.18 bits per heavy atom. The van der Waals surface area contributed by atoms with Crippen molar-refractivity contribution in [3.63, 3.8) is 0 Å². The molecule has 0 spiro atoms. The van der Waals surface area contributed by atoms with Crippen LogP contribution in [0, 0.1) is 0 Å². The van der Waals surface area contributed by atoms with E-state index in [1.54, 1.807) is 12.3 Å². The number of aromatic nitrogens is 1. The molecule has 1 aromatic heterocycles. The summed E-state index contributed by atoms with van der Waals surface area (Å²) in [4.78, 5) is 4.09. The van der Waals surface area contributed by atoms with Gasteiger partial charge < -0.3 is 15.2 Å². The van der Waals surface area contributed by atoms with Crippen molar-refractivity contribution in [2.75, 3.05) is 19.8 Å². The van der Waals surface area contributed by atoms with Gasteiger partial charge in [0.25, 0.3) is 0 Å². The van der Waals surface area contributed by atoms with E-state index in [0.717, 1.165) is 25.0 Å². The summed E-state index contributed by atoms with van der Waals surface area (Å²) < 4.78 is 10.8. The number of hydrogen-bond acceptors (Lipinski definition) is 4. The Morgan fingerprint density at radius 1 is 1.35 bits per heavy atom. The van der Waals surface area contributed by atoms with Gasteiger partial charge in [-0.25, -0.2) is 4.98 Å². The Bertz CT molecular complexity index is 334. The fourth-order valence-corrected chi connectivity index (χ4v) is 1.47. The summed E-state index contributed by atoms with van der Waals surface area (Å²) in [5.41, 5.74) is 6.37. The van der Waals surface area contributed by atoms with Crippen LogP contribution in [0.3, 0.4) is 0 Å². The van der Waals surface area contributed by atoms with Gasteiger partial charge in [0.2, 0.25) is 5.88 Å². The quantitative estimate of drug-likeness (QED) is 0.728. The highest BCUT2D eigenvalue weighted by Crippen LogP contribution is 2.21. The number of nitrogens with zero attached hydrogens (tertiary/aromatic N) is 1. The van der Waals surface area contributed by atoms with E-state index < -0.39 is 0 Å². The third kappa shape index (κ3) is 5.35. The largest absolute Gasteiger partial charge is 0.474 e. The average molecular weight is 259 g/mol. The van der Waals surface area contributed by atoms with Crippen LogP contribution < -0.4 is 10.5 Å². The highest BCUT2D eigenvalue weighted by Gasteiger charge is 2.03. The minimum absolute atomic E-state index is 0.424. The van der Waals surface area contributed by atoms with Gasteiger partial charge in [-0.3, -0.25) is 0 Å². The van der Waals surface area contributed by atoms with E-state index in [1.807, 2.05) is 0 Å². The minimum atomic E-state index is 0.424. The Hall–Kier alpha value is -0.840. The standard InChI is InChI=1S/C12H19ClN2O2/c1-2-3-4-16-5-6-17-12-11(13)7-10(8-14)9-15-12/h7,9H,2-6,8,14H2,1H3. The Balaban J connectivity index is 2.27. The van der Waals surface area contributed by atoms with Crippen molar-refractivity contribution in [2.24, 2.45) is 5.73 Å². The van der Waals surface area contributed by atoms with Gasteiger partial charge in [0, 0.05) is 19.3 Å². The first-order chi connectivity index (χ1) is 8.27. The van der Waals surface area contributed by atoms with Gasteiger partial charge >= 0.3 is 0 Å². The zero-order chi connectivity index (χ0) is 12.5. The summed E-state index contributed by atoms with van der Waals surface area (Å²) in [5.74, 6) is 0.433. The minimum Gasteiger partial charge on any atom is -0.474 e. The van der Waals surface area contributed by atoms with Crippen molar-refractivity contribution in [1.82, 2.24) is 4.98 Å². The monoisotopic (exact) mass is 258 g/mol. The number of ether oxygens (including phenoxy) is 2. The Labute approximate surface area is 107 Å². The molecule has 17 heavy (non-hydrogen) atoms. The van der Waals surface area contributed by atoms with Gasteiger partial charge in [-0.15, -0.1) is 0 Å². The molecule has 5 heteroatoms. The van der Waals surface area contributed by atoms with Crippen LogP contribution in [-0.2, 0) is 11.3 Å². The van der Waals surface area contributed by atoms with Gasteiger partial charge in [-0.2, -0.15) is 0 Å². The molecule has 0 aliphatic carbocycles. The molecule has 0 bridgehead atoms. The topological polar surface area (TPSA) is 57.4 Å². The second-order valence-corrected chi connectivity index (χ2v) is 4.06. The highest BCUT2D eigenvalue weighted by atomic mass is 35.5. The molecule has 0 saturated carbocycles. The molecule has 1 rings (SSSR count). The first-order valence-corrected chi connectivity index (χ1v) is 6.20. The van der Waals surface area contributed by atoms with Crippen LogP contribution in [0.1, 0.15) is 25.3 Å². The van der Waals surface area contributed by atoms with Gasteiger partial charge in [0.15, 0.2) is 0 Å². The molecule has 0 aromatic carbocycles. The van der Waals surface area contributed by atoms with E-state index in [-0.39, 0.29) is 0 Å². The van der Waals surface area contributed by atoms with Crippen LogP contribution >= 0.6 is 11.6 Å². The van der Waals surface area contributed by atoms with Gasteiger partial charge in [-0.1, -0.05) is 24.9 Å². The lowest BCUT2D eigenvalue weighted by molar-refractivity contribution is 0.0965. The predicted octanol–water partition coefficient (Wildman–Crippen LogP) is 2.39. The summed E-state index contributed by atoms with van der Waals surface area (Å²) in [6, 6.07) is 1.77. The second-order valence-electron chi connectivity index (χ2n) is 3.65. The number of nitrogens with two attached hydrogens (primary N) is 1. The summed E-state index contributed by atoms with van der Waals surface area (Å²) in [7, 11) is 0. The normalized spacial score (nSPS) is 10.5. The van der Waals surface area contributed by atoms with Crippen molar-refractivity contribution in [3.05, 3.63) is 22.8 Å². The fraction of sp³-hybridized carbons (Fsp3) is 0.583. The van der Waals surface area contributed by atoms with Crippen molar-refractivity contribution >= 4 is 11.6 Å². The average Bonchev–Trinajstić information content (AvgIpc) is 2.35. The van der Waals surface area contributed by atoms with Crippen LogP contribution in [0.15, 0.2) is 12.3 Å². The predicted molar refractivity (Wildman–Crippen MR) is 68.4 cm³/mol. The van der Waals surface area contributed by atoms with Crippen molar-refractivity contribution < 1.29 is 9.47 Å². The lowest BCUT2D eigenvalue weighted by Gasteiger charge is -2.08. The first-order valence-electron chi connectivity index (χ1n) is 5.83. The van der Waals surface area contributed by atoms with E-state index in [2.05, 4.69) is 11.9 Å². The molecule has 4 nitrogen and oxygen atoms in total. The van der Waals surface area contributed by atoms with E-state index in [0.29, 0.717) is 30.7 Å². The summed E-state index contributed by atoms with van der Waals surface area (Å²) in [6.45, 7) is 4.33. The van der Waals surface area contributed by atoms with Crippen LogP contribution in [-0.4, -0.2) is 24.8 Å². The second kappa shape index (κ2) is 8.28. The van der Waals surface area contributed by atoms with E-state index in [4.69, 9.17) is 26.8 Å². The zero-order valence-corrected chi connectivity index (χ0v) is 10.9. The number of halogens is 1. The van der Waals surface area contributed by atoms with Crippen LogP contribution in [0.5, 0.6) is 5.88 Å². The molecule has 0 unspecified atom stereocenters. The lowest BCUT2D eigenvalue weighted by Crippen LogP contribution is -2.09. The highest BCUT2D eigenvalue weighted by molar-refractivity contribution is 6.31. The molecule has 2 N–H and O–H groups in total. The number of pyridine rings is 1. The summed E-state index contributed by atoms with van der Waals surface area (Å²) in [5, 5.41) is 0.488. The molecular formula is C12H19ClN2O2. The number of hydrogen-bond donors (Lipinski definition) is 1. The molecule has 96 valence electrons. The van der Waals surface area contributed by atoms with Crippen molar-refractivity contribution in [2.45, 2.75) is 26.3 Å². The molecule has 0 radical (unpaired) electrons. The smallest absolute Gasteiger partial charge is 0.232 e. The molecule has 1 heterocycles. The number of rotatable bonds is 8. The lowest BCUT2D eigenvalue weighted by atomic mass is 10.3. The van der Waals surface area contributed by atoms with Crippen LogP contribution in [0.2, 0.25) is 5.02 Å². The van der Waals surface area contributed by atoms with Gasteiger partial charge in [0.05, 0.1) is 6.61 Å². The van der Waals surface area contributed by atoms with Crippen LogP contribution in [0.4, 0.5) is 0 Å². The summed E-state index contributed by atoms with van der Waals surface area (Å²) in [6.07, 6.45) is 3.87. The van der Waals surface area contributed by atoms with E-state index >= 15 is 0 Å². The SMILES string of the molecule is CCCCOCCOc1ncc(CN)cc1Cl. The first kappa shape index (κ1) is 14.2. The van der Waals surface area contributed by atoms with Gasteiger partial charge in [-0.05, 0) is 18.1 Å². The zero-order valence-electron chi connectivity index (χ0n) is 10.1. The van der Waals surface area contributed by atoms with Crippen molar-refractivity contribution in [3.8, 4) is 5.88 Å². The molecule has 0 atom stereocenters. The molecule has 0 aliphatic rings. The molecule has 0 saturated heterocycles. The maximum absolute atomic E-state index is 5.99. The van der Waals surface area contributed by atoms with Crippen LogP contribution in [0.25, 0.3) is 0 Å². The van der Waals surface area contributed by atoms with Gasteiger partial charge in [0.1, 0.15) is 11.6 Å². The van der Waals surface area contributed by atoms with E-state index in [9.17, 15) is 0 Å². The molecule has 0 aliphatic heterocycles. The Morgan fingerprint density at radius 3 is 2.82 bits per heavy atom. The molecule has 0 amide bonds. The molecular weight excluding hydrogens is 240 g/mol. The third-order valence-corrected chi connectivity index (χ3v) is 2.48. The summed E-state index contributed by atoms with van der Waals surface area (Å²) >= 11 is 5.99. The van der Waals surface area contributed by atoms with Crippen molar-refractivity contribution in [1.29, 1.82) is 0 Å². The maximum atomic E-state index is 5.99. The Kier molecular flexibility index (Phi) is 6.93.